The lowest BCUT2D eigenvalue weighted by Crippen LogP contribution is -3.00. The third-order valence-electron chi connectivity index (χ3n) is 1.68. The van der Waals surface area contributed by atoms with Gasteiger partial charge in [0.15, 0.2) is 0 Å². The second kappa shape index (κ2) is 6.78. The summed E-state index contributed by atoms with van der Waals surface area (Å²) in [7, 11) is 0. The minimum Gasteiger partial charge on any atom is -1.00 e. The Morgan fingerprint density at radius 3 is 2.73 bits per heavy atom. The highest BCUT2D eigenvalue weighted by Crippen LogP contribution is 2.12. The molecule has 0 saturated heterocycles. The van der Waals surface area contributed by atoms with Gasteiger partial charge in [-0.05, 0) is 12.3 Å². The van der Waals surface area contributed by atoms with Gasteiger partial charge in [-0.15, -0.1) is 0 Å². The lowest BCUT2D eigenvalue weighted by atomic mass is 10.3. The molecule has 0 aromatic heterocycles. The smallest absolute Gasteiger partial charge is 0.276 e. The molecule has 1 rings (SSSR count). The molecule has 0 aliphatic heterocycles. The van der Waals surface area contributed by atoms with Gasteiger partial charge in [-0.3, -0.25) is 10.1 Å². The summed E-state index contributed by atoms with van der Waals surface area (Å²) in [5.74, 6) is 0. The van der Waals surface area contributed by atoms with Crippen LogP contribution < -0.4 is 29.0 Å². The summed E-state index contributed by atoms with van der Waals surface area (Å²) in [6.07, 6.45) is 1.94. The van der Waals surface area contributed by atoms with Crippen LogP contribution in [0.5, 0.6) is 0 Å². The normalized spacial score (nSPS) is 10.7. The molecule has 1 aromatic carbocycles. The molecule has 0 spiro atoms. The monoisotopic (exact) mass is 338 g/mol. The molecule has 0 fully saturated rings. The van der Waals surface area contributed by atoms with E-state index in [1.165, 1.54) is 12.1 Å². The number of nitrogens with one attached hydrogen (secondary N) is 1. The van der Waals surface area contributed by atoms with E-state index in [0.717, 1.165) is 10.7 Å². The summed E-state index contributed by atoms with van der Waals surface area (Å²) in [4.78, 5) is 13.1. The van der Waals surface area contributed by atoms with Crippen LogP contribution in [0.4, 0.5) is 11.4 Å². The molecule has 15 heavy (non-hydrogen) atoms. The Morgan fingerprint density at radius 2 is 2.20 bits per heavy atom. The summed E-state index contributed by atoms with van der Waals surface area (Å²) in [6, 6.07) is 6.44. The van der Waals surface area contributed by atoms with Crippen molar-refractivity contribution < 1.29 is 33.9 Å². The van der Waals surface area contributed by atoms with Gasteiger partial charge in [-0.1, -0.05) is 11.8 Å². The first kappa shape index (κ1) is 14.4. The maximum Gasteiger partial charge on any atom is 0.276 e. The molecule has 0 heterocycles. The Bertz CT molecular complexity index is 382. The molecule has 0 unspecified atom stereocenters. The largest absolute Gasteiger partial charge is 1.00 e. The maximum atomic E-state index is 10.5. The van der Waals surface area contributed by atoms with Crippen molar-refractivity contribution >= 4 is 28.2 Å². The molecule has 0 aliphatic rings. The quantitative estimate of drug-likeness (QED) is 0.225. The van der Waals surface area contributed by atoms with E-state index in [1.54, 1.807) is 23.9 Å². The Hall–Kier alpha value is -0.630. The molecule has 0 amide bonds. The van der Waals surface area contributed by atoms with Crippen LogP contribution in [0, 0.1) is 10.1 Å². The number of hydrogen-bond donors (Lipinski definition) is 1. The zero-order valence-electron chi connectivity index (χ0n) is 8.36. The molecule has 0 bridgehead atoms. The minimum absolute atomic E-state index is 0. The Balaban J connectivity index is 0.00000196. The third-order valence-corrected chi connectivity index (χ3v) is 2.40. The average Bonchev–Trinajstić information content (AvgIpc) is 2.18. The third kappa shape index (κ3) is 4.61. The second-order valence-corrected chi connectivity index (χ2v) is 3.71. The van der Waals surface area contributed by atoms with Crippen LogP contribution in [0.25, 0.3) is 0 Å². The first-order chi connectivity index (χ1) is 6.63. The van der Waals surface area contributed by atoms with Crippen LogP contribution in [0.1, 0.15) is 6.92 Å². The van der Waals surface area contributed by atoms with Crippen molar-refractivity contribution in [2.24, 2.45) is 0 Å². The van der Waals surface area contributed by atoms with Crippen LogP contribution in [0.2, 0.25) is 0 Å². The van der Waals surface area contributed by atoms with Crippen molar-refractivity contribution in [2.45, 2.75) is 6.92 Å². The van der Waals surface area contributed by atoms with Crippen LogP contribution >= 0.6 is 11.8 Å². The first-order valence-corrected chi connectivity index (χ1v) is 5.25. The summed E-state index contributed by atoms with van der Waals surface area (Å²) < 4.78 is 0. The number of hydrogen-bond acceptors (Lipinski definition) is 3. The van der Waals surface area contributed by atoms with Crippen molar-refractivity contribution in [3.63, 3.8) is 0 Å². The first-order valence-electron chi connectivity index (χ1n) is 4.02. The molecule has 4 nitrogen and oxygen atoms in total. The molecule has 6 heteroatoms. The summed E-state index contributed by atoms with van der Waals surface area (Å²) in [5, 5.41) is 11.5. The number of nitro groups is 1. The zero-order valence-corrected chi connectivity index (χ0v) is 11.3. The maximum absolute atomic E-state index is 10.5. The van der Waals surface area contributed by atoms with Crippen molar-refractivity contribution in [2.75, 3.05) is 6.26 Å². The number of halogens is 1. The highest BCUT2D eigenvalue weighted by atomic mass is 127. The molecule has 1 N–H and O–H groups in total. The fraction of sp³-hybridized carbons (Fsp3) is 0.222. The highest BCUT2D eigenvalue weighted by Gasteiger charge is 2.08. The summed E-state index contributed by atoms with van der Waals surface area (Å²) in [6.45, 7) is 1.92. The van der Waals surface area contributed by atoms with Gasteiger partial charge < -0.3 is 24.0 Å². The topological polar surface area (TPSA) is 57.1 Å². The van der Waals surface area contributed by atoms with Gasteiger partial charge in [0.2, 0.25) is 10.7 Å². The van der Waals surface area contributed by atoms with E-state index in [2.05, 4.69) is 4.99 Å². The number of non-ortho nitro benzene ring substituents is 1. The van der Waals surface area contributed by atoms with Crippen LogP contribution in [-0.2, 0) is 0 Å². The van der Waals surface area contributed by atoms with Crippen LogP contribution in [0.3, 0.4) is 0 Å². The summed E-state index contributed by atoms with van der Waals surface area (Å²) >= 11 is 1.57. The molecule has 1 aromatic rings. The molecule has 0 saturated carbocycles. The van der Waals surface area contributed by atoms with Gasteiger partial charge in [0.25, 0.3) is 5.69 Å². The van der Waals surface area contributed by atoms with E-state index in [9.17, 15) is 10.1 Å². The lowest BCUT2D eigenvalue weighted by Gasteiger charge is -1.90. The van der Waals surface area contributed by atoms with Crippen molar-refractivity contribution in [1.82, 2.24) is 0 Å². The molecular weight excluding hydrogens is 327 g/mol. The van der Waals surface area contributed by atoms with E-state index in [4.69, 9.17) is 0 Å². The fourth-order valence-electron chi connectivity index (χ4n) is 0.952. The Morgan fingerprint density at radius 1 is 1.53 bits per heavy atom. The number of nitro benzene ring substituents is 1. The van der Waals surface area contributed by atoms with E-state index >= 15 is 0 Å². The van der Waals surface area contributed by atoms with Gasteiger partial charge in [-0.25, -0.2) is 4.99 Å². The lowest BCUT2D eigenvalue weighted by molar-refractivity contribution is -0.387. The average molecular weight is 338 g/mol. The Labute approximate surface area is 109 Å². The minimum atomic E-state index is -0.403. The summed E-state index contributed by atoms with van der Waals surface area (Å²) in [5.41, 5.74) is 0.843. The van der Waals surface area contributed by atoms with Gasteiger partial charge in [-0.2, -0.15) is 0 Å². The molecule has 82 valence electrons. The Kier molecular flexibility index (Phi) is 6.50. The van der Waals surface area contributed by atoms with Crippen LogP contribution in [0.15, 0.2) is 24.3 Å². The predicted octanol–water partition coefficient (Wildman–Crippen LogP) is -1.91. The molecular formula is C9H11IN2O2S. The van der Waals surface area contributed by atoms with Gasteiger partial charge in [0.1, 0.15) is 0 Å². The number of thioether (sulfide) groups is 1. The molecule has 0 atom stereocenters. The van der Waals surface area contributed by atoms with E-state index in [1.807, 2.05) is 13.2 Å². The van der Waals surface area contributed by atoms with Gasteiger partial charge in [0.05, 0.1) is 11.0 Å². The highest BCUT2D eigenvalue weighted by molar-refractivity contribution is 8.13. The molecule has 0 radical (unpaired) electrons. The van der Waals surface area contributed by atoms with E-state index in [-0.39, 0.29) is 29.7 Å². The SMILES string of the molecule is CSC(C)=[NH+]c1cccc([N+](=O)[O-])c1.[I-]. The van der Waals surface area contributed by atoms with Crippen molar-refractivity contribution in [3.05, 3.63) is 34.4 Å². The van der Waals surface area contributed by atoms with Crippen LogP contribution in [-0.4, -0.2) is 16.2 Å². The van der Waals surface area contributed by atoms with E-state index < -0.39 is 4.92 Å². The zero-order chi connectivity index (χ0) is 10.6. The number of rotatable bonds is 2. The fourth-order valence-corrected chi connectivity index (χ4v) is 1.17. The van der Waals surface area contributed by atoms with Crippen molar-refractivity contribution in [1.29, 1.82) is 0 Å². The van der Waals surface area contributed by atoms with Gasteiger partial charge in [0, 0.05) is 19.1 Å². The number of benzene rings is 1. The van der Waals surface area contributed by atoms with Crippen molar-refractivity contribution in [3.8, 4) is 0 Å². The second-order valence-electron chi connectivity index (χ2n) is 2.69. The standard InChI is InChI=1S/C9H10N2O2S.HI/c1-7(14-2)10-8-4-3-5-9(6-8)11(12)13;/h3-6H,1-2H3;1H. The molecule has 0 aliphatic carbocycles. The predicted molar refractivity (Wildman–Crippen MR) is 57.9 cm³/mol. The van der Waals surface area contributed by atoms with Gasteiger partial charge >= 0.3 is 0 Å². The van der Waals surface area contributed by atoms with E-state index in [0.29, 0.717) is 0 Å². The number of nitrogens with zero attached hydrogens (tertiary/aromatic N) is 1.